The Bertz CT molecular complexity index is 682. The maximum absolute atomic E-state index is 12.5. The van der Waals surface area contributed by atoms with Gasteiger partial charge in [0.05, 0.1) is 4.92 Å². The first-order chi connectivity index (χ1) is 11.7. The highest BCUT2D eigenvalue weighted by atomic mass is 16.6. The number of carbonyl (C=O) groups excluding carboxylic acids is 1. The van der Waals surface area contributed by atoms with E-state index in [0.29, 0.717) is 0 Å². The summed E-state index contributed by atoms with van der Waals surface area (Å²) in [5, 5.41) is 23.2. The van der Waals surface area contributed by atoms with Crippen molar-refractivity contribution in [3.05, 3.63) is 39.9 Å². The molecule has 1 amide bonds. The minimum atomic E-state index is -1.71. The van der Waals surface area contributed by atoms with Crippen LogP contribution >= 0.6 is 0 Å². The first-order valence-electron chi connectivity index (χ1n) is 8.46. The number of carboxylic acid groups (broad SMARTS) is 1. The fourth-order valence-electron chi connectivity index (χ4n) is 3.47. The van der Waals surface area contributed by atoms with Crippen molar-refractivity contribution >= 4 is 17.6 Å². The van der Waals surface area contributed by atoms with Gasteiger partial charge in [-0.15, -0.1) is 0 Å². The van der Waals surface area contributed by atoms with Gasteiger partial charge in [-0.2, -0.15) is 0 Å². The van der Waals surface area contributed by atoms with E-state index in [-0.39, 0.29) is 29.0 Å². The van der Waals surface area contributed by atoms with Gasteiger partial charge in [-0.05, 0) is 30.7 Å². The van der Waals surface area contributed by atoms with Crippen LogP contribution in [0.1, 0.15) is 57.9 Å². The lowest BCUT2D eigenvalue weighted by Gasteiger charge is -2.34. The molecule has 2 rings (SSSR count). The molecule has 0 saturated heterocycles. The normalized spacial score (nSPS) is 18.8. The van der Waals surface area contributed by atoms with Crippen molar-refractivity contribution in [3.8, 4) is 0 Å². The third-order valence-corrected chi connectivity index (χ3v) is 5.10. The van der Waals surface area contributed by atoms with Crippen molar-refractivity contribution in [1.29, 1.82) is 0 Å². The summed E-state index contributed by atoms with van der Waals surface area (Å²) >= 11 is 0. The van der Waals surface area contributed by atoms with Gasteiger partial charge in [-0.1, -0.05) is 38.3 Å². The van der Waals surface area contributed by atoms with E-state index in [2.05, 4.69) is 12.2 Å². The summed E-state index contributed by atoms with van der Waals surface area (Å²) in [6.45, 7) is 3.41. The van der Waals surface area contributed by atoms with Crippen LogP contribution in [0, 0.1) is 15.5 Å². The molecule has 1 aliphatic carbocycles. The molecule has 1 fully saturated rings. The Hall–Kier alpha value is -2.44. The average Bonchev–Trinajstić information content (AvgIpc) is 2.54. The van der Waals surface area contributed by atoms with Crippen LogP contribution in [-0.2, 0) is 15.1 Å². The molecule has 0 bridgehead atoms. The Kier molecular flexibility index (Phi) is 5.45. The van der Waals surface area contributed by atoms with Crippen molar-refractivity contribution in [2.75, 3.05) is 0 Å². The van der Waals surface area contributed by atoms with Gasteiger partial charge in [0.15, 0.2) is 5.54 Å². The molecule has 1 atom stereocenters. The fraction of sp³-hybridized carbons (Fsp3) is 0.556. The van der Waals surface area contributed by atoms with Gasteiger partial charge >= 0.3 is 5.97 Å². The molecule has 0 aliphatic heterocycles. The number of nitrogens with zero attached hydrogens (tertiary/aromatic N) is 1. The topological polar surface area (TPSA) is 110 Å². The summed E-state index contributed by atoms with van der Waals surface area (Å²) in [6, 6.07) is 5.38. The van der Waals surface area contributed by atoms with Crippen LogP contribution in [0.3, 0.4) is 0 Å². The summed E-state index contributed by atoms with van der Waals surface area (Å²) < 4.78 is 0. The quantitative estimate of drug-likeness (QED) is 0.605. The molecule has 1 saturated carbocycles. The molecule has 0 heterocycles. The third kappa shape index (κ3) is 4.35. The second-order valence-corrected chi connectivity index (χ2v) is 7.33. The number of carbonyl (C=O) groups is 2. The number of carboxylic acids is 1. The molecule has 0 aromatic heterocycles. The number of non-ortho nitro benzene ring substituents is 1. The Labute approximate surface area is 146 Å². The van der Waals surface area contributed by atoms with Crippen molar-refractivity contribution in [1.82, 2.24) is 5.32 Å². The first-order valence-corrected chi connectivity index (χ1v) is 8.46. The van der Waals surface area contributed by atoms with Gasteiger partial charge < -0.3 is 10.4 Å². The lowest BCUT2D eigenvalue weighted by molar-refractivity contribution is -0.385. The first kappa shape index (κ1) is 18.9. The van der Waals surface area contributed by atoms with Crippen molar-refractivity contribution in [2.24, 2.45) is 5.41 Å². The molecule has 1 aliphatic rings. The number of aliphatic carboxylic acids is 1. The number of nitro benzene ring substituents is 1. The number of benzene rings is 1. The van der Waals surface area contributed by atoms with Crippen molar-refractivity contribution in [3.63, 3.8) is 0 Å². The predicted molar refractivity (Wildman–Crippen MR) is 92.0 cm³/mol. The Balaban J connectivity index is 2.22. The SMILES string of the molecule is CC1(CC(=O)NC(C)(C(=O)O)c2cccc([N+](=O)[O-])c2)CCCCC1. The van der Waals surface area contributed by atoms with Crippen LogP contribution in [-0.4, -0.2) is 21.9 Å². The third-order valence-electron chi connectivity index (χ3n) is 5.10. The lowest BCUT2D eigenvalue weighted by atomic mass is 9.73. The summed E-state index contributed by atoms with van der Waals surface area (Å²) in [5.74, 6) is -1.60. The molecule has 136 valence electrons. The molecular formula is C18H24N2O5. The maximum Gasteiger partial charge on any atom is 0.333 e. The van der Waals surface area contributed by atoms with Gasteiger partial charge in [-0.3, -0.25) is 14.9 Å². The van der Waals surface area contributed by atoms with Gasteiger partial charge in [0.1, 0.15) is 0 Å². The minimum Gasteiger partial charge on any atom is -0.479 e. The number of nitrogens with one attached hydrogen (secondary N) is 1. The highest BCUT2D eigenvalue weighted by Crippen LogP contribution is 2.39. The molecule has 1 aromatic rings. The average molecular weight is 348 g/mol. The fourth-order valence-corrected chi connectivity index (χ4v) is 3.47. The predicted octanol–water partition coefficient (Wildman–Crippen LogP) is 3.37. The number of hydrogen-bond donors (Lipinski definition) is 2. The van der Waals surface area contributed by atoms with Gasteiger partial charge in [-0.25, -0.2) is 4.79 Å². The summed E-state index contributed by atoms with van der Waals surface area (Å²) in [7, 11) is 0. The standard InChI is InChI=1S/C18H24N2O5/c1-17(9-4-3-5-10-17)12-15(21)19-18(2,16(22)23)13-7-6-8-14(11-13)20(24)25/h6-8,11H,3-5,9-10,12H2,1-2H3,(H,19,21)(H,22,23). The smallest absolute Gasteiger partial charge is 0.333 e. The summed E-state index contributed by atoms with van der Waals surface area (Å²) in [5.41, 5.74) is -1.87. The van der Waals surface area contributed by atoms with Crippen molar-refractivity contribution < 1.29 is 19.6 Å². The second kappa shape index (κ2) is 7.21. The second-order valence-electron chi connectivity index (χ2n) is 7.33. The molecule has 1 unspecified atom stereocenters. The maximum atomic E-state index is 12.5. The largest absolute Gasteiger partial charge is 0.479 e. The Morgan fingerprint density at radius 3 is 2.52 bits per heavy atom. The number of hydrogen-bond acceptors (Lipinski definition) is 4. The molecule has 0 spiro atoms. The Morgan fingerprint density at radius 1 is 1.32 bits per heavy atom. The van der Waals surface area contributed by atoms with Crippen LogP contribution in [0.2, 0.25) is 0 Å². The van der Waals surface area contributed by atoms with Crippen LogP contribution in [0.4, 0.5) is 5.69 Å². The van der Waals surface area contributed by atoms with Gasteiger partial charge in [0.2, 0.25) is 5.91 Å². The zero-order chi connectivity index (χ0) is 18.7. The van der Waals surface area contributed by atoms with Crippen LogP contribution in [0.5, 0.6) is 0 Å². The molecule has 7 nitrogen and oxygen atoms in total. The van der Waals surface area contributed by atoms with E-state index in [4.69, 9.17) is 0 Å². The molecule has 7 heteroatoms. The van der Waals surface area contributed by atoms with E-state index >= 15 is 0 Å². The summed E-state index contributed by atoms with van der Waals surface area (Å²) in [6.07, 6.45) is 5.46. The molecular weight excluding hydrogens is 324 g/mol. The van der Waals surface area contributed by atoms with Crippen LogP contribution < -0.4 is 5.32 Å². The van der Waals surface area contributed by atoms with Gasteiger partial charge in [0, 0.05) is 18.6 Å². The van der Waals surface area contributed by atoms with Crippen LogP contribution in [0.25, 0.3) is 0 Å². The monoisotopic (exact) mass is 348 g/mol. The van der Waals surface area contributed by atoms with Crippen molar-refractivity contribution in [2.45, 2.75) is 57.9 Å². The number of amides is 1. The summed E-state index contributed by atoms with van der Waals surface area (Å²) in [4.78, 5) is 34.7. The highest BCUT2D eigenvalue weighted by molar-refractivity contribution is 5.88. The minimum absolute atomic E-state index is 0.121. The zero-order valence-electron chi connectivity index (χ0n) is 14.6. The zero-order valence-corrected chi connectivity index (χ0v) is 14.6. The van der Waals surface area contributed by atoms with Crippen LogP contribution in [0.15, 0.2) is 24.3 Å². The molecule has 0 radical (unpaired) electrons. The Morgan fingerprint density at radius 2 is 1.96 bits per heavy atom. The number of rotatable bonds is 6. The van der Waals surface area contributed by atoms with E-state index in [0.717, 1.165) is 32.1 Å². The van der Waals surface area contributed by atoms with E-state index in [1.54, 1.807) is 0 Å². The van der Waals surface area contributed by atoms with E-state index < -0.39 is 16.4 Å². The number of nitro groups is 1. The highest BCUT2D eigenvalue weighted by Gasteiger charge is 2.39. The molecule has 25 heavy (non-hydrogen) atoms. The molecule has 1 aromatic carbocycles. The van der Waals surface area contributed by atoms with E-state index in [1.165, 1.54) is 31.2 Å². The molecule has 2 N–H and O–H groups in total. The van der Waals surface area contributed by atoms with E-state index in [1.807, 2.05) is 0 Å². The van der Waals surface area contributed by atoms with Gasteiger partial charge in [0.25, 0.3) is 5.69 Å². The van der Waals surface area contributed by atoms with E-state index in [9.17, 15) is 24.8 Å². The lowest BCUT2D eigenvalue weighted by Crippen LogP contribution is -2.50.